The van der Waals surface area contributed by atoms with Gasteiger partial charge in [0.1, 0.15) is 9.88 Å². The molecule has 29 heavy (non-hydrogen) atoms. The average molecular weight is 447 g/mol. The van der Waals surface area contributed by atoms with Gasteiger partial charge in [-0.15, -0.1) is 22.7 Å². The maximum Gasteiger partial charge on any atom is 0.350 e. The van der Waals surface area contributed by atoms with E-state index in [1.807, 2.05) is 30.3 Å². The lowest BCUT2D eigenvalue weighted by Gasteiger charge is -2.10. The molecule has 0 radical (unpaired) electrons. The first-order valence-electron chi connectivity index (χ1n) is 8.63. The summed E-state index contributed by atoms with van der Waals surface area (Å²) in [5.74, 6) is -0.873. The van der Waals surface area contributed by atoms with Gasteiger partial charge in [-0.3, -0.25) is 0 Å². The van der Waals surface area contributed by atoms with Crippen molar-refractivity contribution in [3.05, 3.63) is 58.3 Å². The highest BCUT2D eigenvalue weighted by molar-refractivity contribution is 7.80. The Morgan fingerprint density at radius 1 is 1.10 bits per heavy atom. The summed E-state index contributed by atoms with van der Waals surface area (Å²) in [6, 6.07) is 13.3. The van der Waals surface area contributed by atoms with E-state index in [1.165, 1.54) is 29.8 Å². The second-order valence-electron chi connectivity index (χ2n) is 5.67. The molecule has 0 bridgehead atoms. The number of carbonyl (C=O) groups excluding carboxylic acids is 2. The molecule has 0 atom stereocenters. The third-order valence-corrected chi connectivity index (χ3v) is 6.00. The Morgan fingerprint density at radius 3 is 2.55 bits per heavy atom. The number of ether oxygens (including phenoxy) is 2. The van der Waals surface area contributed by atoms with Gasteiger partial charge in [-0.2, -0.15) is 0 Å². The zero-order valence-corrected chi connectivity index (χ0v) is 18.1. The van der Waals surface area contributed by atoms with Gasteiger partial charge >= 0.3 is 11.9 Å². The maximum atomic E-state index is 12.4. The number of thiocarbonyl (C=S) groups is 1. The molecule has 3 rings (SSSR count). The van der Waals surface area contributed by atoms with E-state index in [4.69, 9.17) is 21.7 Å². The SMILES string of the molecule is CCOC(=O)c1cc(-c2ccccc2)sc1NC(=S)Nc1ccsc1C(=O)OC. The number of carbonyl (C=O) groups is 2. The summed E-state index contributed by atoms with van der Waals surface area (Å²) in [4.78, 5) is 25.6. The van der Waals surface area contributed by atoms with Crippen LogP contribution in [-0.2, 0) is 9.47 Å². The number of methoxy groups -OCH3 is 1. The topological polar surface area (TPSA) is 76.7 Å². The van der Waals surface area contributed by atoms with Gasteiger partial charge < -0.3 is 20.1 Å². The fourth-order valence-corrected chi connectivity index (χ4v) is 4.60. The molecule has 2 aromatic heterocycles. The Balaban J connectivity index is 1.84. The van der Waals surface area contributed by atoms with E-state index in [2.05, 4.69) is 10.6 Å². The fraction of sp³-hybridized carbons (Fsp3) is 0.150. The Labute approximate surface area is 181 Å². The van der Waals surface area contributed by atoms with E-state index in [1.54, 1.807) is 24.4 Å². The maximum absolute atomic E-state index is 12.4. The third kappa shape index (κ3) is 5.00. The summed E-state index contributed by atoms with van der Waals surface area (Å²) in [5.41, 5.74) is 1.93. The standard InChI is InChI=1S/C20H18N2O4S3/c1-3-26-18(23)13-11-15(12-7-5-4-6-8-12)29-17(13)22-20(27)21-14-9-10-28-16(14)19(24)25-2/h4-11H,3H2,1-2H3,(H2,21,22,27). The number of thiophene rings is 2. The van der Waals surface area contributed by atoms with Crippen LogP contribution in [0.3, 0.4) is 0 Å². The lowest BCUT2D eigenvalue weighted by molar-refractivity contribution is 0.0527. The molecule has 3 aromatic rings. The predicted octanol–water partition coefficient (Wildman–Crippen LogP) is 5.25. The number of anilines is 2. The second-order valence-corrected chi connectivity index (χ2v) is 8.05. The number of rotatable bonds is 6. The van der Waals surface area contributed by atoms with Gasteiger partial charge in [0.05, 0.1) is 25.0 Å². The van der Waals surface area contributed by atoms with Gasteiger partial charge in [0, 0.05) is 4.88 Å². The minimum absolute atomic E-state index is 0.251. The van der Waals surface area contributed by atoms with Crippen molar-refractivity contribution in [2.75, 3.05) is 24.4 Å². The second kappa shape index (κ2) is 9.64. The van der Waals surface area contributed by atoms with Gasteiger partial charge in [-0.05, 0) is 42.2 Å². The van der Waals surface area contributed by atoms with Crippen LogP contribution in [0, 0.1) is 0 Å². The largest absolute Gasteiger partial charge is 0.465 e. The normalized spacial score (nSPS) is 10.3. The minimum atomic E-state index is -0.444. The molecule has 150 valence electrons. The Bertz CT molecular complexity index is 1030. The van der Waals surface area contributed by atoms with Gasteiger partial charge in [0.25, 0.3) is 0 Å². The third-order valence-electron chi connectivity index (χ3n) is 3.80. The van der Waals surface area contributed by atoms with Crippen LogP contribution in [0.2, 0.25) is 0 Å². The fourth-order valence-electron chi connectivity index (χ4n) is 2.50. The zero-order valence-electron chi connectivity index (χ0n) is 15.7. The molecule has 0 aliphatic rings. The monoisotopic (exact) mass is 446 g/mol. The van der Waals surface area contributed by atoms with Crippen molar-refractivity contribution in [2.24, 2.45) is 0 Å². The van der Waals surface area contributed by atoms with Crippen LogP contribution in [0.5, 0.6) is 0 Å². The highest BCUT2D eigenvalue weighted by Gasteiger charge is 2.20. The summed E-state index contributed by atoms with van der Waals surface area (Å²) >= 11 is 8.03. The first-order chi connectivity index (χ1) is 14.0. The number of hydrogen-bond acceptors (Lipinski definition) is 7. The van der Waals surface area contributed by atoms with Crippen molar-refractivity contribution in [3.63, 3.8) is 0 Å². The number of nitrogens with one attached hydrogen (secondary N) is 2. The van der Waals surface area contributed by atoms with E-state index in [0.717, 1.165) is 10.4 Å². The van der Waals surface area contributed by atoms with Crippen LogP contribution in [0.4, 0.5) is 10.7 Å². The molecule has 0 aliphatic heterocycles. The van der Waals surface area contributed by atoms with Crippen LogP contribution in [0.1, 0.15) is 27.0 Å². The lowest BCUT2D eigenvalue weighted by atomic mass is 10.1. The highest BCUT2D eigenvalue weighted by atomic mass is 32.1. The zero-order chi connectivity index (χ0) is 20.8. The number of esters is 2. The van der Waals surface area contributed by atoms with Crippen molar-refractivity contribution in [3.8, 4) is 10.4 Å². The molecule has 2 N–H and O–H groups in total. The molecule has 0 aliphatic carbocycles. The molecule has 0 fully saturated rings. The summed E-state index contributed by atoms with van der Waals surface area (Å²) in [6.07, 6.45) is 0. The van der Waals surface area contributed by atoms with Crippen LogP contribution < -0.4 is 10.6 Å². The highest BCUT2D eigenvalue weighted by Crippen LogP contribution is 2.36. The van der Waals surface area contributed by atoms with Crippen molar-refractivity contribution >= 4 is 62.6 Å². The molecular formula is C20H18N2O4S3. The molecular weight excluding hydrogens is 428 g/mol. The van der Waals surface area contributed by atoms with E-state index in [-0.39, 0.29) is 11.7 Å². The number of benzene rings is 1. The van der Waals surface area contributed by atoms with Crippen molar-refractivity contribution in [2.45, 2.75) is 6.92 Å². The molecule has 0 unspecified atom stereocenters. The van der Waals surface area contributed by atoms with Gasteiger partial charge in [0.2, 0.25) is 0 Å². The molecule has 9 heteroatoms. The Hall–Kier alpha value is -2.75. The summed E-state index contributed by atoms with van der Waals surface area (Å²) in [5, 5.41) is 8.62. The molecule has 2 heterocycles. The lowest BCUT2D eigenvalue weighted by Crippen LogP contribution is -2.21. The quantitative estimate of drug-likeness (QED) is 0.396. The minimum Gasteiger partial charge on any atom is -0.465 e. The Morgan fingerprint density at radius 2 is 1.86 bits per heavy atom. The van der Waals surface area contributed by atoms with Gasteiger partial charge in [-0.1, -0.05) is 30.3 Å². The van der Waals surface area contributed by atoms with E-state index < -0.39 is 11.9 Å². The van der Waals surface area contributed by atoms with E-state index >= 15 is 0 Å². The van der Waals surface area contributed by atoms with Crippen molar-refractivity contribution in [1.82, 2.24) is 0 Å². The molecule has 0 saturated carbocycles. The predicted molar refractivity (Wildman–Crippen MR) is 121 cm³/mol. The van der Waals surface area contributed by atoms with Crippen LogP contribution in [-0.4, -0.2) is 30.8 Å². The van der Waals surface area contributed by atoms with Crippen molar-refractivity contribution in [1.29, 1.82) is 0 Å². The average Bonchev–Trinajstić information content (AvgIpc) is 3.35. The van der Waals surface area contributed by atoms with E-state index in [0.29, 0.717) is 21.1 Å². The smallest absolute Gasteiger partial charge is 0.350 e. The van der Waals surface area contributed by atoms with Crippen LogP contribution in [0.15, 0.2) is 47.8 Å². The van der Waals surface area contributed by atoms with E-state index in [9.17, 15) is 9.59 Å². The van der Waals surface area contributed by atoms with Crippen molar-refractivity contribution < 1.29 is 19.1 Å². The molecule has 6 nitrogen and oxygen atoms in total. The number of hydrogen-bond donors (Lipinski definition) is 2. The summed E-state index contributed by atoms with van der Waals surface area (Å²) in [6.45, 7) is 2.03. The van der Waals surface area contributed by atoms with Crippen LogP contribution >= 0.6 is 34.9 Å². The molecule has 0 amide bonds. The summed E-state index contributed by atoms with van der Waals surface area (Å²) in [7, 11) is 1.32. The first kappa shape index (κ1) is 21.0. The summed E-state index contributed by atoms with van der Waals surface area (Å²) < 4.78 is 9.95. The molecule has 0 spiro atoms. The first-order valence-corrected chi connectivity index (χ1v) is 10.7. The van der Waals surface area contributed by atoms with Gasteiger partial charge in [-0.25, -0.2) is 9.59 Å². The van der Waals surface area contributed by atoms with Crippen LogP contribution in [0.25, 0.3) is 10.4 Å². The molecule has 0 saturated heterocycles. The molecule has 1 aromatic carbocycles. The van der Waals surface area contributed by atoms with Gasteiger partial charge in [0.15, 0.2) is 5.11 Å². The Kier molecular flexibility index (Phi) is 6.97.